The van der Waals surface area contributed by atoms with E-state index in [2.05, 4.69) is 6.58 Å². The number of carbonyl (C=O) groups excluding carboxylic acids is 3. The third-order valence-corrected chi connectivity index (χ3v) is 4.20. The fraction of sp³-hybridized carbons (Fsp3) is 0.688. The molecule has 0 aromatic heterocycles. The monoisotopic (exact) mass is 344 g/mol. The number of aliphatic hydroxyl groups excluding tert-OH is 1. The fourth-order valence-corrected chi connectivity index (χ4v) is 2.72. The first-order chi connectivity index (χ1) is 11.0. The third kappa shape index (κ3) is 3.20. The molecule has 1 fully saturated rings. The molecule has 136 valence electrons. The molecular formula is C16H24O8. The van der Waals surface area contributed by atoms with Crippen LogP contribution in [-0.2, 0) is 23.9 Å². The summed E-state index contributed by atoms with van der Waals surface area (Å²) in [4.78, 5) is 35.5. The van der Waals surface area contributed by atoms with E-state index in [0.717, 1.165) is 20.8 Å². The number of ether oxygens (including phenoxy) is 2. The number of allylic oxidation sites excluding steroid dienone is 1. The van der Waals surface area contributed by atoms with Gasteiger partial charge in [-0.25, -0.2) is 0 Å². The molecule has 0 bridgehead atoms. The van der Waals surface area contributed by atoms with Crippen LogP contribution in [0.3, 0.4) is 0 Å². The van der Waals surface area contributed by atoms with E-state index in [-0.39, 0.29) is 6.61 Å². The molecule has 0 saturated carbocycles. The molecule has 0 spiro atoms. The number of carbonyl (C=O) groups is 3. The topological polar surface area (TPSA) is 130 Å². The minimum absolute atomic E-state index is 0.0448. The highest BCUT2D eigenvalue weighted by molar-refractivity contribution is 5.99. The Labute approximate surface area is 140 Å². The summed E-state index contributed by atoms with van der Waals surface area (Å²) in [7, 11) is 0. The summed E-state index contributed by atoms with van der Waals surface area (Å²) in [6.45, 7) is 6.50. The van der Waals surface area contributed by atoms with Crippen LogP contribution >= 0.6 is 0 Å². The Morgan fingerprint density at radius 1 is 1.21 bits per heavy atom. The number of hydrogen-bond acceptors (Lipinski definition) is 8. The molecule has 1 rings (SSSR count). The molecule has 1 aliphatic rings. The number of rotatable bonds is 9. The van der Waals surface area contributed by atoms with Gasteiger partial charge in [0.15, 0.2) is 29.2 Å². The van der Waals surface area contributed by atoms with Gasteiger partial charge >= 0.3 is 0 Å². The first-order valence-corrected chi connectivity index (χ1v) is 7.58. The Bertz CT molecular complexity index is 530. The Hall–Kier alpha value is -1.45. The molecule has 5 atom stereocenters. The van der Waals surface area contributed by atoms with Gasteiger partial charge in [-0.3, -0.25) is 14.4 Å². The minimum atomic E-state index is -2.81. The van der Waals surface area contributed by atoms with E-state index in [1.165, 1.54) is 0 Å². The number of ketones is 3. The lowest BCUT2D eigenvalue weighted by Gasteiger charge is -2.37. The lowest BCUT2D eigenvalue weighted by atomic mass is 9.73. The summed E-state index contributed by atoms with van der Waals surface area (Å²) in [5.41, 5.74) is -5.55. The van der Waals surface area contributed by atoms with E-state index < -0.39 is 47.0 Å². The zero-order valence-electron chi connectivity index (χ0n) is 14.0. The van der Waals surface area contributed by atoms with Gasteiger partial charge in [0.1, 0.15) is 12.2 Å². The summed E-state index contributed by atoms with van der Waals surface area (Å²) in [5, 5.41) is 31.5. The zero-order valence-corrected chi connectivity index (χ0v) is 14.0. The van der Waals surface area contributed by atoms with Crippen molar-refractivity contribution in [3.8, 4) is 0 Å². The molecule has 1 saturated heterocycles. The smallest absolute Gasteiger partial charge is 0.212 e. The molecular weight excluding hydrogens is 320 g/mol. The quantitative estimate of drug-likeness (QED) is 0.369. The first-order valence-electron chi connectivity index (χ1n) is 7.58. The minimum Gasteiger partial charge on any atom is -0.382 e. The van der Waals surface area contributed by atoms with Gasteiger partial charge in [-0.05, 0) is 33.6 Å². The van der Waals surface area contributed by atoms with E-state index >= 15 is 0 Å². The molecule has 0 aliphatic carbocycles. The summed E-state index contributed by atoms with van der Waals surface area (Å²) < 4.78 is 10.6. The number of aliphatic hydroxyl groups is 3. The van der Waals surface area contributed by atoms with Crippen molar-refractivity contribution in [3.05, 3.63) is 12.7 Å². The molecule has 0 amide bonds. The van der Waals surface area contributed by atoms with Crippen molar-refractivity contribution in [3.63, 3.8) is 0 Å². The second-order valence-electron chi connectivity index (χ2n) is 5.89. The Kier molecular flexibility index (Phi) is 6.54. The van der Waals surface area contributed by atoms with Gasteiger partial charge < -0.3 is 24.8 Å². The molecule has 0 radical (unpaired) electrons. The largest absolute Gasteiger partial charge is 0.382 e. The highest BCUT2D eigenvalue weighted by Crippen LogP contribution is 2.43. The maximum atomic E-state index is 12.0. The summed E-state index contributed by atoms with van der Waals surface area (Å²) >= 11 is 0. The van der Waals surface area contributed by atoms with Crippen LogP contribution in [0.4, 0.5) is 0 Å². The van der Waals surface area contributed by atoms with E-state index in [9.17, 15) is 29.7 Å². The SMILES string of the molecule is C=CCCCO[C@H]1O[C@H](C(O)C(C)=O)[C@@](O)(C(C)=O)[C@]1(O)C(C)=O. The van der Waals surface area contributed by atoms with E-state index in [4.69, 9.17) is 9.47 Å². The molecule has 1 heterocycles. The fourth-order valence-electron chi connectivity index (χ4n) is 2.72. The Morgan fingerprint density at radius 3 is 2.17 bits per heavy atom. The molecule has 3 N–H and O–H groups in total. The van der Waals surface area contributed by atoms with Gasteiger partial charge in [0.25, 0.3) is 0 Å². The van der Waals surface area contributed by atoms with Crippen molar-refractivity contribution < 1.29 is 39.2 Å². The Morgan fingerprint density at radius 2 is 1.75 bits per heavy atom. The van der Waals surface area contributed by atoms with Crippen molar-refractivity contribution in [1.29, 1.82) is 0 Å². The van der Waals surface area contributed by atoms with Gasteiger partial charge in [-0.1, -0.05) is 6.08 Å². The van der Waals surface area contributed by atoms with Gasteiger partial charge in [-0.2, -0.15) is 0 Å². The number of Topliss-reactive ketones (excluding diaryl/α,β-unsaturated/α-hetero) is 3. The molecule has 1 unspecified atom stereocenters. The van der Waals surface area contributed by atoms with Gasteiger partial charge in [0.05, 0.1) is 6.61 Å². The van der Waals surface area contributed by atoms with Crippen LogP contribution in [0.25, 0.3) is 0 Å². The van der Waals surface area contributed by atoms with Crippen LogP contribution in [0.15, 0.2) is 12.7 Å². The van der Waals surface area contributed by atoms with Crippen molar-refractivity contribution in [2.45, 2.75) is 63.3 Å². The molecule has 8 heteroatoms. The van der Waals surface area contributed by atoms with Crippen molar-refractivity contribution in [1.82, 2.24) is 0 Å². The summed E-state index contributed by atoms with van der Waals surface area (Å²) in [6, 6.07) is 0. The van der Waals surface area contributed by atoms with E-state index in [0.29, 0.717) is 12.8 Å². The summed E-state index contributed by atoms with van der Waals surface area (Å²) in [5.74, 6) is -2.80. The second kappa shape index (κ2) is 7.62. The van der Waals surface area contributed by atoms with Crippen LogP contribution in [0, 0.1) is 0 Å². The number of hydrogen-bond donors (Lipinski definition) is 3. The zero-order chi connectivity index (χ0) is 18.7. The van der Waals surface area contributed by atoms with Gasteiger partial charge in [0.2, 0.25) is 5.60 Å². The summed E-state index contributed by atoms with van der Waals surface area (Å²) in [6.07, 6.45) is -2.70. The Balaban J connectivity index is 3.26. The molecule has 1 aliphatic heterocycles. The molecule has 0 aromatic rings. The predicted octanol–water partition coefficient (Wildman–Crippen LogP) is -0.716. The van der Waals surface area contributed by atoms with Crippen molar-refractivity contribution in [2.24, 2.45) is 0 Å². The average molecular weight is 344 g/mol. The lowest BCUT2D eigenvalue weighted by Crippen LogP contribution is -2.68. The average Bonchev–Trinajstić information content (AvgIpc) is 2.74. The maximum absolute atomic E-state index is 12.0. The standard InChI is InChI=1S/C16H24O8/c1-5-6-7-8-23-14-16(22,11(4)19)15(21,10(3)18)13(24-14)12(20)9(2)17/h5,12-14,20-22H,1,6-8H2,2-4H3/t12?,13-,14+,15+,16+/m1/s1. The second-order valence-corrected chi connectivity index (χ2v) is 5.89. The normalized spacial score (nSPS) is 33.9. The molecule has 24 heavy (non-hydrogen) atoms. The molecule has 8 nitrogen and oxygen atoms in total. The van der Waals surface area contributed by atoms with Gasteiger partial charge in [-0.15, -0.1) is 6.58 Å². The van der Waals surface area contributed by atoms with E-state index in [1.807, 2.05) is 0 Å². The van der Waals surface area contributed by atoms with Crippen LogP contribution in [0.1, 0.15) is 33.6 Å². The van der Waals surface area contributed by atoms with Crippen molar-refractivity contribution in [2.75, 3.05) is 6.61 Å². The van der Waals surface area contributed by atoms with Crippen LogP contribution in [0.2, 0.25) is 0 Å². The molecule has 0 aromatic carbocycles. The first kappa shape index (κ1) is 20.6. The van der Waals surface area contributed by atoms with Crippen molar-refractivity contribution >= 4 is 17.3 Å². The number of unbranched alkanes of at least 4 members (excludes halogenated alkanes) is 1. The van der Waals surface area contributed by atoms with Crippen LogP contribution in [-0.4, -0.2) is 69.0 Å². The third-order valence-electron chi connectivity index (χ3n) is 4.20. The van der Waals surface area contributed by atoms with Crippen LogP contribution < -0.4 is 0 Å². The van der Waals surface area contributed by atoms with E-state index in [1.54, 1.807) is 6.08 Å². The van der Waals surface area contributed by atoms with Gasteiger partial charge in [0, 0.05) is 0 Å². The lowest BCUT2D eigenvalue weighted by molar-refractivity contribution is -0.214. The highest BCUT2D eigenvalue weighted by atomic mass is 16.7. The maximum Gasteiger partial charge on any atom is 0.212 e. The van der Waals surface area contributed by atoms with Crippen LogP contribution in [0.5, 0.6) is 0 Å². The predicted molar refractivity (Wildman–Crippen MR) is 82.0 cm³/mol. The highest BCUT2D eigenvalue weighted by Gasteiger charge is 2.73.